The van der Waals surface area contributed by atoms with Crippen molar-refractivity contribution in [2.24, 2.45) is 0 Å². The smallest absolute Gasteiger partial charge is 0.0697 e. The van der Waals surface area contributed by atoms with Crippen molar-refractivity contribution >= 4 is 54.8 Å². The van der Waals surface area contributed by atoms with Crippen LogP contribution in [0.3, 0.4) is 0 Å². The molecule has 0 saturated heterocycles. The normalized spacial score (nSPS) is 12.6. The Morgan fingerprint density at radius 2 is 2.11 bits per heavy atom. The minimum atomic E-state index is 0.134. The van der Waals surface area contributed by atoms with Crippen LogP contribution in [0.15, 0.2) is 38.6 Å². The van der Waals surface area contributed by atoms with Crippen LogP contribution in [-0.2, 0) is 0 Å². The van der Waals surface area contributed by atoms with Gasteiger partial charge in [-0.25, -0.2) is 0 Å². The van der Waals surface area contributed by atoms with E-state index in [9.17, 15) is 0 Å². The van der Waals surface area contributed by atoms with Gasteiger partial charge < -0.3 is 5.32 Å². The lowest BCUT2D eigenvalue weighted by Crippen LogP contribution is -2.23. The molecule has 5 heteroatoms. The fraction of sp³-hybridized carbons (Fsp3) is 0.286. The first kappa shape index (κ1) is 15.5. The molecule has 1 aromatic carbocycles. The van der Waals surface area contributed by atoms with E-state index in [2.05, 4.69) is 61.6 Å². The highest BCUT2D eigenvalue weighted by Crippen LogP contribution is 2.36. The first-order valence-electron chi connectivity index (χ1n) is 6.04. The quantitative estimate of drug-likeness (QED) is 0.620. The predicted molar refractivity (Wildman–Crippen MR) is 91.3 cm³/mol. The maximum Gasteiger partial charge on any atom is 0.0697 e. The molecular weight excluding hydrogens is 409 g/mol. The molecule has 0 bridgehead atoms. The molecule has 0 fully saturated rings. The van der Waals surface area contributed by atoms with Crippen molar-refractivity contribution in [3.63, 3.8) is 0 Å². The molecule has 1 unspecified atom stereocenters. The number of halogens is 3. The second-order valence-corrected chi connectivity index (χ2v) is 7.31. The molecule has 1 aromatic heterocycles. The molecule has 2 rings (SSSR count). The van der Waals surface area contributed by atoms with Crippen LogP contribution in [0, 0.1) is 0 Å². The van der Waals surface area contributed by atoms with Crippen LogP contribution in [0.25, 0.3) is 0 Å². The fourth-order valence-corrected chi connectivity index (χ4v) is 4.36. The molecule has 0 aliphatic rings. The Hall–Kier alpha value is 0.130. The first-order valence-corrected chi connectivity index (χ1v) is 8.89. The first-order chi connectivity index (χ1) is 9.13. The van der Waals surface area contributed by atoms with E-state index in [4.69, 9.17) is 11.6 Å². The molecule has 1 atom stereocenters. The Bertz CT molecular complexity index is 556. The molecule has 102 valence electrons. The molecular formula is C14H14Br2ClNS. The van der Waals surface area contributed by atoms with Gasteiger partial charge in [0.2, 0.25) is 0 Å². The summed E-state index contributed by atoms with van der Waals surface area (Å²) in [6, 6.07) is 8.26. The highest BCUT2D eigenvalue weighted by atomic mass is 79.9. The molecule has 0 spiro atoms. The van der Waals surface area contributed by atoms with Crippen molar-refractivity contribution in [2.45, 2.75) is 19.4 Å². The Labute approximate surface area is 139 Å². The SMILES string of the molecule is CCCNC(c1ccc(Br)cc1Cl)c1sccc1Br. The summed E-state index contributed by atoms with van der Waals surface area (Å²) < 4.78 is 2.13. The fourth-order valence-electron chi connectivity index (χ4n) is 1.88. The summed E-state index contributed by atoms with van der Waals surface area (Å²) in [5.41, 5.74) is 1.11. The zero-order valence-electron chi connectivity index (χ0n) is 10.4. The van der Waals surface area contributed by atoms with Gasteiger partial charge in [0.05, 0.1) is 6.04 Å². The Kier molecular flexibility index (Phi) is 5.90. The van der Waals surface area contributed by atoms with Gasteiger partial charge in [-0.15, -0.1) is 11.3 Å². The van der Waals surface area contributed by atoms with Gasteiger partial charge in [0.1, 0.15) is 0 Å². The van der Waals surface area contributed by atoms with E-state index in [0.717, 1.165) is 32.5 Å². The van der Waals surface area contributed by atoms with Crippen LogP contribution in [0.4, 0.5) is 0 Å². The third kappa shape index (κ3) is 3.82. The standard InChI is InChI=1S/C14H14Br2ClNS/c1-2-6-18-13(14-11(16)5-7-19-14)10-4-3-9(15)8-12(10)17/h3-5,7-8,13,18H,2,6H2,1H3. The maximum atomic E-state index is 6.39. The van der Waals surface area contributed by atoms with E-state index in [1.54, 1.807) is 11.3 Å². The van der Waals surface area contributed by atoms with Crippen LogP contribution in [0.5, 0.6) is 0 Å². The number of hydrogen-bond donors (Lipinski definition) is 1. The average molecular weight is 424 g/mol. The molecule has 0 saturated carbocycles. The summed E-state index contributed by atoms with van der Waals surface area (Å²) in [4.78, 5) is 1.26. The van der Waals surface area contributed by atoms with Crippen LogP contribution in [-0.4, -0.2) is 6.54 Å². The highest BCUT2D eigenvalue weighted by Gasteiger charge is 2.20. The number of hydrogen-bond acceptors (Lipinski definition) is 2. The lowest BCUT2D eigenvalue weighted by Gasteiger charge is -2.20. The van der Waals surface area contributed by atoms with Crippen molar-refractivity contribution < 1.29 is 0 Å². The van der Waals surface area contributed by atoms with E-state index in [1.807, 2.05) is 12.1 Å². The summed E-state index contributed by atoms with van der Waals surface area (Å²) in [5.74, 6) is 0. The van der Waals surface area contributed by atoms with Gasteiger partial charge in [-0.3, -0.25) is 0 Å². The predicted octanol–water partition coefficient (Wildman–Crippen LogP) is 6.02. The van der Waals surface area contributed by atoms with Crippen LogP contribution in [0.2, 0.25) is 5.02 Å². The third-order valence-corrected chi connectivity index (χ3v) is 5.54. The molecule has 0 amide bonds. The number of thiophene rings is 1. The minimum absolute atomic E-state index is 0.134. The number of nitrogens with one attached hydrogen (secondary N) is 1. The van der Waals surface area contributed by atoms with Gasteiger partial charge >= 0.3 is 0 Å². The Balaban J connectivity index is 2.40. The van der Waals surface area contributed by atoms with E-state index >= 15 is 0 Å². The van der Waals surface area contributed by atoms with Crippen LogP contribution < -0.4 is 5.32 Å². The van der Waals surface area contributed by atoms with Gasteiger partial charge in [0.25, 0.3) is 0 Å². The highest BCUT2D eigenvalue weighted by molar-refractivity contribution is 9.10. The van der Waals surface area contributed by atoms with Crippen molar-refractivity contribution in [1.29, 1.82) is 0 Å². The summed E-state index contributed by atoms with van der Waals surface area (Å²) >= 11 is 15.2. The largest absolute Gasteiger partial charge is 0.306 e. The zero-order chi connectivity index (χ0) is 13.8. The zero-order valence-corrected chi connectivity index (χ0v) is 15.2. The van der Waals surface area contributed by atoms with Gasteiger partial charge in [0.15, 0.2) is 0 Å². The van der Waals surface area contributed by atoms with Crippen LogP contribution in [0.1, 0.15) is 29.8 Å². The van der Waals surface area contributed by atoms with E-state index in [-0.39, 0.29) is 6.04 Å². The summed E-state index contributed by atoms with van der Waals surface area (Å²) in [6.07, 6.45) is 1.09. The molecule has 0 aliphatic heterocycles. The Morgan fingerprint density at radius 1 is 1.32 bits per heavy atom. The topological polar surface area (TPSA) is 12.0 Å². The van der Waals surface area contributed by atoms with Crippen molar-refractivity contribution in [3.8, 4) is 0 Å². The summed E-state index contributed by atoms with van der Waals surface area (Å²) in [5, 5.41) is 6.44. The van der Waals surface area contributed by atoms with Gasteiger partial charge in [-0.05, 0) is 58.0 Å². The number of rotatable bonds is 5. The van der Waals surface area contributed by atoms with Gasteiger partial charge in [0, 0.05) is 18.8 Å². The molecule has 1 heterocycles. The molecule has 2 aromatic rings. The minimum Gasteiger partial charge on any atom is -0.306 e. The lowest BCUT2D eigenvalue weighted by molar-refractivity contribution is 0.604. The van der Waals surface area contributed by atoms with E-state index in [1.165, 1.54) is 4.88 Å². The van der Waals surface area contributed by atoms with Crippen molar-refractivity contribution in [1.82, 2.24) is 5.32 Å². The number of benzene rings is 1. The third-order valence-electron chi connectivity index (χ3n) is 2.78. The maximum absolute atomic E-state index is 6.39. The molecule has 0 radical (unpaired) electrons. The van der Waals surface area contributed by atoms with Crippen LogP contribution >= 0.6 is 54.8 Å². The second kappa shape index (κ2) is 7.23. The van der Waals surface area contributed by atoms with Gasteiger partial charge in [-0.1, -0.05) is 40.5 Å². The van der Waals surface area contributed by atoms with E-state index in [0.29, 0.717) is 0 Å². The molecule has 19 heavy (non-hydrogen) atoms. The summed E-state index contributed by atoms with van der Waals surface area (Å²) in [7, 11) is 0. The second-order valence-electron chi connectivity index (χ2n) is 4.19. The monoisotopic (exact) mass is 421 g/mol. The Morgan fingerprint density at radius 3 is 2.68 bits per heavy atom. The van der Waals surface area contributed by atoms with Crippen molar-refractivity contribution in [3.05, 3.63) is 54.1 Å². The molecule has 1 N–H and O–H groups in total. The molecule has 1 nitrogen and oxygen atoms in total. The van der Waals surface area contributed by atoms with Crippen molar-refractivity contribution in [2.75, 3.05) is 6.54 Å². The lowest BCUT2D eigenvalue weighted by atomic mass is 10.1. The van der Waals surface area contributed by atoms with E-state index < -0.39 is 0 Å². The average Bonchev–Trinajstić information content (AvgIpc) is 2.78. The summed E-state index contributed by atoms with van der Waals surface area (Å²) in [6.45, 7) is 3.12. The van der Waals surface area contributed by atoms with Gasteiger partial charge in [-0.2, -0.15) is 0 Å². The molecule has 0 aliphatic carbocycles.